The van der Waals surface area contributed by atoms with E-state index >= 15 is 0 Å². The van der Waals surface area contributed by atoms with Gasteiger partial charge in [0.25, 0.3) is 0 Å². The molecule has 112 valence electrons. The molecule has 0 aromatic carbocycles. The molecule has 1 aromatic rings. The van der Waals surface area contributed by atoms with Crippen LogP contribution < -0.4 is 26.6 Å². The molecule has 0 aliphatic carbocycles. The lowest BCUT2D eigenvalue weighted by Crippen LogP contribution is -2.33. The summed E-state index contributed by atoms with van der Waals surface area (Å²) in [5.74, 6) is 1.56. The van der Waals surface area contributed by atoms with Crippen LogP contribution in [-0.4, -0.2) is 54.2 Å². The summed E-state index contributed by atoms with van der Waals surface area (Å²) in [6.45, 7) is 6.58. The van der Waals surface area contributed by atoms with Gasteiger partial charge in [0.05, 0.1) is 0 Å². The predicted octanol–water partition coefficient (Wildman–Crippen LogP) is -0.160. The van der Waals surface area contributed by atoms with Gasteiger partial charge in [0, 0.05) is 33.2 Å². The van der Waals surface area contributed by atoms with E-state index in [1.807, 2.05) is 18.7 Å². The summed E-state index contributed by atoms with van der Waals surface area (Å²) >= 11 is 0. The first-order valence-corrected chi connectivity index (χ1v) is 6.56. The van der Waals surface area contributed by atoms with Crippen molar-refractivity contribution in [3.05, 3.63) is 0 Å². The second-order valence-electron chi connectivity index (χ2n) is 3.92. The van der Waals surface area contributed by atoms with E-state index in [2.05, 4.69) is 30.9 Å². The summed E-state index contributed by atoms with van der Waals surface area (Å²) < 4.78 is 0. The smallest absolute Gasteiger partial charge is 0.312 e. The Balaban J connectivity index is 2.74. The summed E-state index contributed by atoms with van der Waals surface area (Å²) in [5.41, 5.74) is 4.98. The monoisotopic (exact) mass is 282 g/mol. The van der Waals surface area contributed by atoms with E-state index in [1.54, 1.807) is 7.05 Å². The third-order valence-electron chi connectivity index (χ3n) is 2.60. The first kappa shape index (κ1) is 15.7. The standard InChI is InChI=1S/C11H22N8O/c1-4-19(5-2)11-17-9(13-3)16-10(18-11)15-7-6-14-8(12)20/h4-7H2,1-3H3,(H3,12,14,20)(H2,13,15,16,17,18). The summed E-state index contributed by atoms with van der Waals surface area (Å²) in [4.78, 5) is 25.4. The number of nitrogens with zero attached hydrogens (tertiary/aromatic N) is 4. The molecule has 0 aliphatic rings. The summed E-state index contributed by atoms with van der Waals surface area (Å²) in [6, 6.07) is -0.554. The first-order chi connectivity index (χ1) is 9.60. The molecule has 20 heavy (non-hydrogen) atoms. The Bertz CT molecular complexity index is 434. The number of rotatable bonds is 8. The molecule has 0 saturated heterocycles. The fraction of sp³-hybridized carbons (Fsp3) is 0.636. The summed E-state index contributed by atoms with van der Waals surface area (Å²) in [5, 5.41) is 8.40. The van der Waals surface area contributed by atoms with Crippen molar-refractivity contribution in [2.45, 2.75) is 13.8 Å². The lowest BCUT2D eigenvalue weighted by molar-refractivity contribution is 0.249. The van der Waals surface area contributed by atoms with Crippen molar-refractivity contribution in [2.75, 3.05) is 48.8 Å². The first-order valence-electron chi connectivity index (χ1n) is 6.56. The van der Waals surface area contributed by atoms with E-state index in [4.69, 9.17) is 5.73 Å². The molecule has 9 heteroatoms. The van der Waals surface area contributed by atoms with E-state index < -0.39 is 6.03 Å². The second kappa shape index (κ2) is 7.97. The van der Waals surface area contributed by atoms with Crippen LogP contribution in [0.4, 0.5) is 22.6 Å². The molecule has 0 saturated carbocycles. The minimum absolute atomic E-state index is 0.399. The third-order valence-corrected chi connectivity index (χ3v) is 2.60. The van der Waals surface area contributed by atoms with Gasteiger partial charge in [-0.3, -0.25) is 0 Å². The zero-order valence-electron chi connectivity index (χ0n) is 12.1. The number of hydrogen-bond donors (Lipinski definition) is 4. The van der Waals surface area contributed by atoms with Crippen LogP contribution in [0.5, 0.6) is 0 Å². The van der Waals surface area contributed by atoms with Gasteiger partial charge in [-0.25, -0.2) is 4.79 Å². The number of primary amides is 1. The van der Waals surface area contributed by atoms with Gasteiger partial charge in [-0.15, -0.1) is 0 Å². The van der Waals surface area contributed by atoms with Crippen molar-refractivity contribution in [1.82, 2.24) is 20.3 Å². The van der Waals surface area contributed by atoms with Crippen LogP contribution in [0.3, 0.4) is 0 Å². The Morgan fingerprint density at radius 2 is 1.80 bits per heavy atom. The zero-order valence-corrected chi connectivity index (χ0v) is 12.1. The molecule has 1 aromatic heterocycles. The number of aromatic nitrogens is 3. The maximum absolute atomic E-state index is 10.6. The molecular weight excluding hydrogens is 260 g/mol. The summed E-state index contributed by atoms with van der Waals surface area (Å²) in [7, 11) is 1.75. The Morgan fingerprint density at radius 3 is 2.35 bits per heavy atom. The van der Waals surface area contributed by atoms with Crippen molar-refractivity contribution in [1.29, 1.82) is 0 Å². The molecule has 2 amide bonds. The van der Waals surface area contributed by atoms with Crippen molar-refractivity contribution < 1.29 is 4.79 Å². The maximum Gasteiger partial charge on any atom is 0.312 e. The van der Waals surface area contributed by atoms with Gasteiger partial charge in [0.1, 0.15) is 0 Å². The van der Waals surface area contributed by atoms with Crippen LogP contribution in [0.1, 0.15) is 13.8 Å². The number of hydrogen-bond acceptors (Lipinski definition) is 7. The average molecular weight is 282 g/mol. The van der Waals surface area contributed by atoms with E-state index in [0.29, 0.717) is 30.9 Å². The number of urea groups is 1. The van der Waals surface area contributed by atoms with Gasteiger partial charge < -0.3 is 26.6 Å². The summed E-state index contributed by atoms with van der Waals surface area (Å²) in [6.07, 6.45) is 0. The van der Waals surface area contributed by atoms with Gasteiger partial charge in [0.2, 0.25) is 17.8 Å². The highest BCUT2D eigenvalue weighted by molar-refractivity contribution is 5.71. The average Bonchev–Trinajstić information content (AvgIpc) is 2.44. The largest absolute Gasteiger partial charge is 0.357 e. The molecule has 0 bridgehead atoms. The van der Waals surface area contributed by atoms with Crippen LogP contribution in [0.2, 0.25) is 0 Å². The molecule has 1 heterocycles. The molecule has 0 spiro atoms. The molecule has 0 radical (unpaired) electrons. The molecule has 1 rings (SSSR count). The number of nitrogens with two attached hydrogens (primary N) is 1. The highest BCUT2D eigenvalue weighted by atomic mass is 16.2. The minimum atomic E-state index is -0.554. The topological polar surface area (TPSA) is 121 Å². The Labute approximate surface area is 118 Å². The number of nitrogens with one attached hydrogen (secondary N) is 3. The molecule has 9 nitrogen and oxygen atoms in total. The highest BCUT2D eigenvalue weighted by Crippen LogP contribution is 2.12. The number of carbonyl (C=O) groups is 1. The van der Waals surface area contributed by atoms with Gasteiger partial charge in [0.15, 0.2) is 0 Å². The van der Waals surface area contributed by atoms with E-state index in [-0.39, 0.29) is 0 Å². The number of anilines is 3. The molecule has 5 N–H and O–H groups in total. The maximum atomic E-state index is 10.6. The normalized spacial score (nSPS) is 9.95. The van der Waals surface area contributed by atoms with Gasteiger partial charge >= 0.3 is 6.03 Å². The van der Waals surface area contributed by atoms with Crippen LogP contribution in [0.15, 0.2) is 0 Å². The predicted molar refractivity (Wildman–Crippen MR) is 79.0 cm³/mol. The number of carbonyl (C=O) groups excluding carboxylic acids is 1. The van der Waals surface area contributed by atoms with Crippen LogP contribution in [-0.2, 0) is 0 Å². The van der Waals surface area contributed by atoms with Crippen LogP contribution >= 0.6 is 0 Å². The SMILES string of the molecule is CCN(CC)c1nc(NC)nc(NCCNC(N)=O)n1. The highest BCUT2D eigenvalue weighted by Gasteiger charge is 2.10. The molecule has 0 unspecified atom stereocenters. The fourth-order valence-corrected chi connectivity index (χ4v) is 1.56. The minimum Gasteiger partial charge on any atom is -0.357 e. The van der Waals surface area contributed by atoms with Crippen LogP contribution in [0.25, 0.3) is 0 Å². The van der Waals surface area contributed by atoms with Crippen molar-refractivity contribution in [3.63, 3.8) is 0 Å². The van der Waals surface area contributed by atoms with E-state index in [9.17, 15) is 4.79 Å². The molecule has 0 atom stereocenters. The van der Waals surface area contributed by atoms with Crippen molar-refractivity contribution in [2.24, 2.45) is 5.73 Å². The molecule has 0 aliphatic heterocycles. The van der Waals surface area contributed by atoms with Crippen molar-refractivity contribution in [3.8, 4) is 0 Å². The van der Waals surface area contributed by atoms with Gasteiger partial charge in [-0.1, -0.05) is 0 Å². The zero-order chi connectivity index (χ0) is 15.0. The number of amides is 2. The van der Waals surface area contributed by atoms with E-state index in [0.717, 1.165) is 13.1 Å². The Hall–Kier alpha value is -2.32. The van der Waals surface area contributed by atoms with Crippen LogP contribution in [0, 0.1) is 0 Å². The quantitative estimate of drug-likeness (QED) is 0.489. The lowest BCUT2D eigenvalue weighted by atomic mass is 10.5. The van der Waals surface area contributed by atoms with Crippen molar-refractivity contribution >= 4 is 23.9 Å². The molecular formula is C11H22N8O. The lowest BCUT2D eigenvalue weighted by Gasteiger charge is -2.19. The Morgan fingerprint density at radius 1 is 1.15 bits per heavy atom. The fourth-order valence-electron chi connectivity index (χ4n) is 1.56. The van der Waals surface area contributed by atoms with Gasteiger partial charge in [-0.2, -0.15) is 15.0 Å². The third kappa shape index (κ3) is 4.75. The molecule has 0 fully saturated rings. The van der Waals surface area contributed by atoms with Gasteiger partial charge in [-0.05, 0) is 13.8 Å². The van der Waals surface area contributed by atoms with E-state index in [1.165, 1.54) is 0 Å². The Kier molecular flexibility index (Phi) is 6.27. The second-order valence-corrected chi connectivity index (χ2v) is 3.92.